The maximum absolute atomic E-state index is 13.2. The fourth-order valence-corrected chi connectivity index (χ4v) is 1.18. The molecule has 1 aliphatic heterocycles. The van der Waals surface area contributed by atoms with Crippen molar-refractivity contribution in [1.29, 1.82) is 0 Å². The molecule has 0 bridgehead atoms. The van der Waals surface area contributed by atoms with Gasteiger partial charge < -0.3 is 4.74 Å². The maximum Gasteiger partial charge on any atom is 0.467 e. The number of carbonyl (C=O) groups is 2. The minimum Gasteiger partial charge on any atom is -0.412 e. The fraction of sp³-hybridized carbons (Fsp3) is 0.714. The first-order valence-corrected chi connectivity index (χ1v) is 4.36. The maximum atomic E-state index is 13.2. The standard InChI is InChI=1S/C7F10O4/c8-1(18)4(6(13,14)15)20-2(19)3(9,5(10,11)12)7(16,17)21-4. The summed E-state index contributed by atoms with van der Waals surface area (Å²) in [6.45, 7) is 0. The largest absolute Gasteiger partial charge is 0.467 e. The summed E-state index contributed by atoms with van der Waals surface area (Å²) in [5.41, 5.74) is -6.36. The second-order valence-electron chi connectivity index (χ2n) is 3.55. The molecular formula is C7F10O4. The Morgan fingerprint density at radius 1 is 0.952 bits per heavy atom. The Labute approximate surface area is 106 Å². The number of hydrogen-bond donors (Lipinski definition) is 0. The van der Waals surface area contributed by atoms with Gasteiger partial charge in [0.2, 0.25) is 0 Å². The van der Waals surface area contributed by atoms with E-state index in [1.165, 1.54) is 0 Å². The lowest BCUT2D eigenvalue weighted by atomic mass is 10.0. The number of ether oxygens (including phenoxy) is 2. The second kappa shape index (κ2) is 4.20. The van der Waals surface area contributed by atoms with Gasteiger partial charge in [-0.15, -0.1) is 0 Å². The summed E-state index contributed by atoms with van der Waals surface area (Å²) in [4.78, 5) is 20.8. The lowest BCUT2D eigenvalue weighted by Crippen LogP contribution is -2.74. The molecule has 0 aromatic heterocycles. The van der Waals surface area contributed by atoms with Crippen LogP contribution in [0, 0.1) is 0 Å². The van der Waals surface area contributed by atoms with Crippen LogP contribution in [0.25, 0.3) is 0 Å². The molecule has 2 unspecified atom stereocenters. The van der Waals surface area contributed by atoms with Crippen LogP contribution in [0.5, 0.6) is 0 Å². The van der Waals surface area contributed by atoms with E-state index in [0.717, 1.165) is 0 Å². The summed E-state index contributed by atoms with van der Waals surface area (Å²) in [5.74, 6) is -9.58. The van der Waals surface area contributed by atoms with Crippen LogP contribution in [0.2, 0.25) is 0 Å². The van der Waals surface area contributed by atoms with Crippen molar-refractivity contribution >= 4 is 12.0 Å². The van der Waals surface area contributed by atoms with Gasteiger partial charge in [-0.2, -0.15) is 39.5 Å². The molecule has 0 radical (unpaired) electrons. The summed E-state index contributed by atoms with van der Waals surface area (Å²) in [6.07, 6.45) is -19.9. The average Bonchev–Trinajstić information content (AvgIpc) is 2.20. The van der Waals surface area contributed by atoms with Gasteiger partial charge in [0, 0.05) is 0 Å². The normalized spacial score (nSPS) is 33.5. The first-order chi connectivity index (χ1) is 9.03. The van der Waals surface area contributed by atoms with Crippen molar-refractivity contribution in [3.63, 3.8) is 0 Å². The highest BCUT2D eigenvalue weighted by Gasteiger charge is 2.87. The van der Waals surface area contributed by atoms with Crippen LogP contribution in [0.4, 0.5) is 43.9 Å². The van der Waals surface area contributed by atoms with E-state index in [1.54, 1.807) is 0 Å². The van der Waals surface area contributed by atoms with E-state index in [-0.39, 0.29) is 0 Å². The Morgan fingerprint density at radius 3 is 1.62 bits per heavy atom. The Bertz CT molecular complexity index is 481. The monoisotopic (exact) mass is 338 g/mol. The molecule has 4 nitrogen and oxygen atoms in total. The number of alkyl halides is 9. The van der Waals surface area contributed by atoms with E-state index in [2.05, 4.69) is 9.47 Å². The van der Waals surface area contributed by atoms with E-state index < -0.39 is 41.9 Å². The molecule has 21 heavy (non-hydrogen) atoms. The van der Waals surface area contributed by atoms with Crippen molar-refractivity contribution in [2.75, 3.05) is 0 Å². The lowest BCUT2D eigenvalue weighted by molar-refractivity contribution is -0.483. The van der Waals surface area contributed by atoms with Crippen molar-refractivity contribution in [3.05, 3.63) is 0 Å². The van der Waals surface area contributed by atoms with Crippen LogP contribution >= 0.6 is 0 Å². The topological polar surface area (TPSA) is 52.6 Å². The highest BCUT2D eigenvalue weighted by atomic mass is 19.4. The quantitative estimate of drug-likeness (QED) is 0.418. The average molecular weight is 338 g/mol. The molecule has 1 fully saturated rings. The zero-order valence-corrected chi connectivity index (χ0v) is 8.91. The molecule has 0 saturated carbocycles. The Morgan fingerprint density at radius 2 is 1.38 bits per heavy atom. The lowest BCUT2D eigenvalue weighted by Gasteiger charge is -2.43. The highest BCUT2D eigenvalue weighted by molar-refractivity contribution is 5.88. The Kier molecular flexibility index (Phi) is 3.49. The van der Waals surface area contributed by atoms with Gasteiger partial charge in [0.25, 0.3) is 0 Å². The van der Waals surface area contributed by atoms with E-state index in [9.17, 15) is 53.5 Å². The summed E-state index contributed by atoms with van der Waals surface area (Å²) < 4.78 is 130. The molecule has 1 rings (SSSR count). The summed E-state index contributed by atoms with van der Waals surface area (Å²) in [7, 11) is 0. The number of rotatable bonds is 1. The van der Waals surface area contributed by atoms with Crippen LogP contribution in [0.1, 0.15) is 0 Å². The third-order valence-electron chi connectivity index (χ3n) is 2.21. The van der Waals surface area contributed by atoms with Gasteiger partial charge in [0.1, 0.15) is 0 Å². The molecule has 0 aromatic carbocycles. The van der Waals surface area contributed by atoms with Crippen LogP contribution in [-0.4, -0.2) is 41.9 Å². The van der Waals surface area contributed by atoms with Gasteiger partial charge in [-0.25, -0.2) is 9.18 Å². The summed E-state index contributed by atoms with van der Waals surface area (Å²) >= 11 is 0. The fourth-order valence-electron chi connectivity index (χ4n) is 1.18. The molecule has 0 N–H and O–H groups in total. The van der Waals surface area contributed by atoms with Crippen LogP contribution in [0.3, 0.4) is 0 Å². The molecule has 1 heterocycles. The van der Waals surface area contributed by atoms with Gasteiger partial charge in [0.15, 0.2) is 0 Å². The zero-order valence-electron chi connectivity index (χ0n) is 8.91. The van der Waals surface area contributed by atoms with Gasteiger partial charge in [0.05, 0.1) is 0 Å². The number of halogens is 10. The van der Waals surface area contributed by atoms with Crippen molar-refractivity contribution in [1.82, 2.24) is 0 Å². The van der Waals surface area contributed by atoms with Gasteiger partial charge >= 0.3 is 41.9 Å². The number of carbonyl (C=O) groups excluding carboxylic acids is 2. The SMILES string of the molecule is O=C(F)C1(C(F)(F)F)OC(=O)C(F)(C(F)(F)F)C(F)(F)O1. The van der Waals surface area contributed by atoms with Crippen LogP contribution in [0.15, 0.2) is 0 Å². The zero-order chi connectivity index (χ0) is 17.1. The molecule has 14 heteroatoms. The molecule has 122 valence electrons. The van der Waals surface area contributed by atoms with Gasteiger partial charge in [-0.05, 0) is 0 Å². The second-order valence-corrected chi connectivity index (χ2v) is 3.55. The molecule has 2 atom stereocenters. The van der Waals surface area contributed by atoms with E-state index in [0.29, 0.717) is 0 Å². The highest BCUT2D eigenvalue weighted by Crippen LogP contribution is 2.55. The molecule has 0 aromatic rings. The predicted molar refractivity (Wildman–Crippen MR) is 36.9 cm³/mol. The smallest absolute Gasteiger partial charge is 0.412 e. The minimum atomic E-state index is -6.77. The Hall–Kier alpha value is -1.60. The first-order valence-electron chi connectivity index (χ1n) is 4.36. The van der Waals surface area contributed by atoms with Crippen molar-refractivity contribution in [2.24, 2.45) is 0 Å². The molecule has 1 saturated heterocycles. The van der Waals surface area contributed by atoms with Crippen LogP contribution in [-0.2, 0) is 19.1 Å². The predicted octanol–water partition coefficient (Wildman–Crippen LogP) is 2.18. The van der Waals surface area contributed by atoms with Crippen molar-refractivity contribution in [2.45, 2.75) is 29.9 Å². The summed E-state index contributed by atoms with van der Waals surface area (Å²) in [5, 5.41) is 0. The van der Waals surface area contributed by atoms with Crippen molar-refractivity contribution < 1.29 is 63.0 Å². The third-order valence-corrected chi connectivity index (χ3v) is 2.21. The Balaban J connectivity index is 3.52. The van der Waals surface area contributed by atoms with Crippen molar-refractivity contribution in [3.8, 4) is 0 Å². The third kappa shape index (κ3) is 2.11. The number of cyclic esters (lactones) is 1. The minimum absolute atomic E-state index is 2.28. The van der Waals surface area contributed by atoms with E-state index in [1.807, 2.05) is 0 Å². The van der Waals surface area contributed by atoms with Gasteiger partial charge in [-0.1, -0.05) is 0 Å². The molecule has 0 aliphatic carbocycles. The molecule has 0 amide bonds. The van der Waals surface area contributed by atoms with E-state index >= 15 is 0 Å². The molecule has 1 aliphatic rings. The molecular weight excluding hydrogens is 338 g/mol. The van der Waals surface area contributed by atoms with E-state index in [4.69, 9.17) is 0 Å². The molecule has 0 spiro atoms. The number of hydrogen-bond acceptors (Lipinski definition) is 4. The summed E-state index contributed by atoms with van der Waals surface area (Å²) in [6, 6.07) is -3.92. The first kappa shape index (κ1) is 17.5. The number of esters is 1. The van der Waals surface area contributed by atoms with Gasteiger partial charge in [-0.3, -0.25) is 9.53 Å². The van der Waals surface area contributed by atoms with Crippen LogP contribution < -0.4 is 0 Å².